The average molecular weight is 233 g/mol. The monoisotopic (exact) mass is 232 g/mol. The standard InChI is InChI=1S/C7H4N2O3S.ClH/c10-5-3-4(6(11)12)8-7-9(5)1-2-13-7;/h1-3H,(H,11,12);1H. The highest BCUT2D eigenvalue weighted by Gasteiger charge is 2.08. The first-order chi connectivity index (χ1) is 6.18. The maximum absolute atomic E-state index is 11.2. The number of carbonyl (C=O) groups is 1. The van der Waals surface area contributed by atoms with E-state index in [1.54, 1.807) is 11.6 Å². The van der Waals surface area contributed by atoms with Crippen LogP contribution in [-0.4, -0.2) is 20.5 Å². The van der Waals surface area contributed by atoms with E-state index in [0.29, 0.717) is 4.96 Å². The molecule has 0 saturated carbocycles. The lowest BCUT2D eigenvalue weighted by Gasteiger charge is -1.93. The summed E-state index contributed by atoms with van der Waals surface area (Å²) in [4.78, 5) is 25.9. The van der Waals surface area contributed by atoms with E-state index >= 15 is 0 Å². The summed E-state index contributed by atoms with van der Waals surface area (Å²) in [5.41, 5.74) is -0.587. The first kappa shape index (κ1) is 10.7. The number of thiazole rings is 1. The van der Waals surface area contributed by atoms with Gasteiger partial charge in [-0.3, -0.25) is 9.20 Å². The molecule has 5 nitrogen and oxygen atoms in total. The SMILES string of the molecule is Cl.O=C(O)c1cc(=O)n2ccsc2n1. The number of halogens is 1. The van der Waals surface area contributed by atoms with Gasteiger partial charge in [0, 0.05) is 17.6 Å². The van der Waals surface area contributed by atoms with Gasteiger partial charge in [0.25, 0.3) is 5.56 Å². The fourth-order valence-electron chi connectivity index (χ4n) is 0.952. The Bertz CT molecular complexity index is 533. The van der Waals surface area contributed by atoms with Crippen LogP contribution in [0.15, 0.2) is 22.4 Å². The van der Waals surface area contributed by atoms with Gasteiger partial charge >= 0.3 is 5.97 Å². The molecule has 2 aromatic heterocycles. The summed E-state index contributed by atoms with van der Waals surface area (Å²) in [6, 6.07) is 1.00. The van der Waals surface area contributed by atoms with Crippen molar-refractivity contribution in [2.24, 2.45) is 0 Å². The largest absolute Gasteiger partial charge is 0.477 e. The molecule has 14 heavy (non-hydrogen) atoms. The topological polar surface area (TPSA) is 71.7 Å². The van der Waals surface area contributed by atoms with Crippen LogP contribution in [0.1, 0.15) is 10.5 Å². The Balaban J connectivity index is 0.000000980. The number of fused-ring (bicyclic) bond motifs is 1. The highest BCUT2D eigenvalue weighted by Crippen LogP contribution is 2.06. The number of aromatic carboxylic acids is 1. The Morgan fingerprint density at radius 3 is 2.93 bits per heavy atom. The lowest BCUT2D eigenvalue weighted by atomic mass is 10.4. The Morgan fingerprint density at radius 1 is 1.57 bits per heavy atom. The Kier molecular flexibility index (Phi) is 2.87. The van der Waals surface area contributed by atoms with Crippen LogP contribution in [0, 0.1) is 0 Å². The van der Waals surface area contributed by atoms with Crippen LogP contribution in [0.25, 0.3) is 4.96 Å². The molecule has 1 N–H and O–H groups in total. The third kappa shape index (κ3) is 1.61. The van der Waals surface area contributed by atoms with Gasteiger partial charge in [0.15, 0.2) is 10.7 Å². The average Bonchev–Trinajstić information content (AvgIpc) is 2.51. The van der Waals surface area contributed by atoms with E-state index in [9.17, 15) is 9.59 Å². The summed E-state index contributed by atoms with van der Waals surface area (Å²) in [7, 11) is 0. The van der Waals surface area contributed by atoms with Gasteiger partial charge in [-0.1, -0.05) is 0 Å². The van der Waals surface area contributed by atoms with E-state index < -0.39 is 5.97 Å². The first-order valence-electron chi connectivity index (χ1n) is 3.38. The van der Waals surface area contributed by atoms with Crippen molar-refractivity contribution in [1.82, 2.24) is 9.38 Å². The lowest BCUT2D eigenvalue weighted by Crippen LogP contribution is -2.15. The van der Waals surface area contributed by atoms with Crippen molar-refractivity contribution in [2.45, 2.75) is 0 Å². The summed E-state index contributed by atoms with van der Waals surface area (Å²) in [5, 5.41) is 10.3. The van der Waals surface area contributed by atoms with Gasteiger partial charge in [-0.15, -0.1) is 23.7 Å². The summed E-state index contributed by atoms with van der Waals surface area (Å²) in [6.45, 7) is 0. The molecule has 0 aliphatic rings. The molecule has 2 rings (SSSR count). The Hall–Kier alpha value is -1.40. The second-order valence-electron chi connectivity index (χ2n) is 2.34. The van der Waals surface area contributed by atoms with Crippen LogP contribution in [0.5, 0.6) is 0 Å². The highest BCUT2D eigenvalue weighted by atomic mass is 35.5. The minimum absolute atomic E-state index is 0. The van der Waals surface area contributed by atoms with Gasteiger partial charge in [-0.05, 0) is 0 Å². The molecule has 0 unspecified atom stereocenters. The maximum Gasteiger partial charge on any atom is 0.354 e. The van der Waals surface area contributed by atoms with Crippen LogP contribution in [0.3, 0.4) is 0 Å². The van der Waals surface area contributed by atoms with E-state index in [2.05, 4.69) is 4.98 Å². The lowest BCUT2D eigenvalue weighted by molar-refractivity contribution is 0.0690. The van der Waals surface area contributed by atoms with Gasteiger partial charge < -0.3 is 5.11 Å². The molecule has 0 amide bonds. The molecule has 0 aliphatic heterocycles. The second-order valence-corrected chi connectivity index (χ2v) is 3.21. The summed E-state index contributed by atoms with van der Waals surface area (Å²) < 4.78 is 1.30. The number of nitrogens with zero attached hydrogens (tertiary/aromatic N) is 2. The number of aromatic nitrogens is 2. The third-order valence-electron chi connectivity index (χ3n) is 1.52. The number of carboxylic acids is 1. The van der Waals surface area contributed by atoms with E-state index in [4.69, 9.17) is 5.11 Å². The van der Waals surface area contributed by atoms with Crippen molar-refractivity contribution >= 4 is 34.7 Å². The minimum Gasteiger partial charge on any atom is -0.477 e. The van der Waals surface area contributed by atoms with E-state index in [-0.39, 0.29) is 23.7 Å². The molecule has 0 saturated heterocycles. The zero-order chi connectivity index (χ0) is 9.42. The van der Waals surface area contributed by atoms with Crippen LogP contribution in [0.2, 0.25) is 0 Å². The highest BCUT2D eigenvalue weighted by molar-refractivity contribution is 7.15. The fraction of sp³-hybridized carbons (Fsp3) is 0. The van der Waals surface area contributed by atoms with Crippen molar-refractivity contribution in [3.63, 3.8) is 0 Å². The molecule has 0 aliphatic carbocycles. The van der Waals surface area contributed by atoms with E-state index in [0.717, 1.165) is 6.07 Å². The Morgan fingerprint density at radius 2 is 2.29 bits per heavy atom. The van der Waals surface area contributed by atoms with Gasteiger partial charge in [0.05, 0.1) is 0 Å². The Labute approximate surface area is 88.1 Å². The normalized spacial score (nSPS) is 9.71. The van der Waals surface area contributed by atoms with Gasteiger partial charge in [0.2, 0.25) is 0 Å². The minimum atomic E-state index is -1.19. The molecular formula is C7H5ClN2O3S. The summed E-state index contributed by atoms with van der Waals surface area (Å²) in [5.74, 6) is -1.19. The number of rotatable bonds is 1. The molecule has 74 valence electrons. The summed E-state index contributed by atoms with van der Waals surface area (Å²) >= 11 is 1.22. The number of hydrogen-bond donors (Lipinski definition) is 1. The zero-order valence-electron chi connectivity index (χ0n) is 6.71. The van der Waals surface area contributed by atoms with Crippen molar-refractivity contribution in [3.05, 3.63) is 33.7 Å². The maximum atomic E-state index is 11.2. The van der Waals surface area contributed by atoms with Crippen LogP contribution in [-0.2, 0) is 0 Å². The van der Waals surface area contributed by atoms with Gasteiger partial charge in [-0.2, -0.15) is 0 Å². The van der Waals surface area contributed by atoms with E-state index in [1.165, 1.54) is 15.7 Å². The molecule has 7 heteroatoms. The molecule has 0 bridgehead atoms. The first-order valence-corrected chi connectivity index (χ1v) is 4.26. The zero-order valence-corrected chi connectivity index (χ0v) is 8.34. The smallest absolute Gasteiger partial charge is 0.354 e. The molecule has 0 fully saturated rings. The predicted molar refractivity (Wildman–Crippen MR) is 53.5 cm³/mol. The molecule has 2 heterocycles. The van der Waals surface area contributed by atoms with Crippen LogP contribution < -0.4 is 5.56 Å². The molecule has 0 aromatic carbocycles. The molecule has 0 atom stereocenters. The van der Waals surface area contributed by atoms with Gasteiger partial charge in [0.1, 0.15) is 0 Å². The number of carboxylic acid groups (broad SMARTS) is 1. The van der Waals surface area contributed by atoms with Crippen molar-refractivity contribution in [3.8, 4) is 0 Å². The second kappa shape index (κ2) is 3.77. The van der Waals surface area contributed by atoms with Crippen molar-refractivity contribution in [1.29, 1.82) is 0 Å². The fourth-order valence-corrected chi connectivity index (χ4v) is 1.67. The van der Waals surface area contributed by atoms with Crippen molar-refractivity contribution in [2.75, 3.05) is 0 Å². The molecule has 0 radical (unpaired) electrons. The van der Waals surface area contributed by atoms with Gasteiger partial charge in [-0.25, -0.2) is 9.78 Å². The quantitative estimate of drug-likeness (QED) is 0.792. The molecular weight excluding hydrogens is 228 g/mol. The predicted octanol–water partition coefficient (Wildman–Crippen LogP) is 0.876. The number of hydrogen-bond acceptors (Lipinski definition) is 4. The molecule has 0 spiro atoms. The van der Waals surface area contributed by atoms with Crippen LogP contribution in [0.4, 0.5) is 0 Å². The van der Waals surface area contributed by atoms with E-state index in [1.807, 2.05) is 0 Å². The van der Waals surface area contributed by atoms with Crippen LogP contribution >= 0.6 is 23.7 Å². The summed E-state index contributed by atoms with van der Waals surface area (Å²) in [6.07, 6.45) is 1.56. The molecule has 2 aromatic rings. The third-order valence-corrected chi connectivity index (χ3v) is 2.28. The van der Waals surface area contributed by atoms with Crippen molar-refractivity contribution < 1.29 is 9.90 Å².